The smallest absolute Gasteiger partial charge is 0.350 e. The standard InChI is InChI=1S/C21H23F3N6O3/c1-3-28(4-2)11-5-10-25-20(31)17-13-19-26-16(12-18(21(22,23)24)29(19)27-17)14-6-8-15(9-7-14)30(32)33/h6-9,12-13H,3-5,10-11H2,1-2H3,(H,25,31)/p+1. The lowest BCUT2D eigenvalue weighted by atomic mass is 10.1. The largest absolute Gasteiger partial charge is 0.433 e. The molecule has 0 radical (unpaired) electrons. The van der Waals surface area contributed by atoms with E-state index in [1.807, 2.05) is 0 Å². The number of nitro groups is 1. The molecule has 0 atom stereocenters. The van der Waals surface area contributed by atoms with Crippen molar-refractivity contribution in [3.8, 4) is 11.3 Å². The predicted molar refractivity (Wildman–Crippen MR) is 114 cm³/mol. The highest BCUT2D eigenvalue weighted by molar-refractivity contribution is 5.93. The van der Waals surface area contributed by atoms with E-state index in [1.54, 1.807) is 0 Å². The molecule has 2 N–H and O–H groups in total. The summed E-state index contributed by atoms with van der Waals surface area (Å²) in [7, 11) is 0. The third-order valence-electron chi connectivity index (χ3n) is 5.32. The van der Waals surface area contributed by atoms with Crippen LogP contribution in [0.3, 0.4) is 0 Å². The van der Waals surface area contributed by atoms with Gasteiger partial charge in [-0.05, 0) is 32.0 Å². The molecule has 9 nitrogen and oxygen atoms in total. The molecule has 3 rings (SSSR count). The Morgan fingerprint density at radius 1 is 1.18 bits per heavy atom. The molecule has 12 heteroatoms. The minimum atomic E-state index is -4.76. The van der Waals surface area contributed by atoms with Crippen LogP contribution in [0.1, 0.15) is 36.5 Å². The number of halogens is 3. The van der Waals surface area contributed by atoms with Crippen LogP contribution in [0, 0.1) is 10.1 Å². The molecule has 0 unspecified atom stereocenters. The summed E-state index contributed by atoms with van der Waals surface area (Å²) in [6, 6.07) is 7.00. The van der Waals surface area contributed by atoms with Crippen molar-refractivity contribution in [2.45, 2.75) is 26.4 Å². The van der Waals surface area contributed by atoms with Gasteiger partial charge in [-0.25, -0.2) is 9.50 Å². The lowest BCUT2D eigenvalue weighted by molar-refractivity contribution is -0.896. The molecular formula is C21H24F3N6O3+. The molecule has 3 aromatic rings. The lowest BCUT2D eigenvalue weighted by Crippen LogP contribution is -3.11. The van der Waals surface area contributed by atoms with E-state index >= 15 is 0 Å². The predicted octanol–water partition coefficient (Wildman–Crippen LogP) is 2.37. The van der Waals surface area contributed by atoms with Crippen LogP contribution in [0.15, 0.2) is 36.4 Å². The maximum absolute atomic E-state index is 13.7. The second-order valence-corrected chi connectivity index (χ2v) is 7.44. The highest BCUT2D eigenvalue weighted by Crippen LogP contribution is 2.32. The van der Waals surface area contributed by atoms with E-state index in [-0.39, 0.29) is 28.3 Å². The number of carbonyl (C=O) groups is 1. The third kappa shape index (κ3) is 5.64. The van der Waals surface area contributed by atoms with Crippen molar-refractivity contribution in [3.05, 3.63) is 57.9 Å². The van der Waals surface area contributed by atoms with Gasteiger partial charge in [-0.15, -0.1) is 0 Å². The van der Waals surface area contributed by atoms with Crippen LogP contribution in [0.2, 0.25) is 0 Å². The highest BCUT2D eigenvalue weighted by Gasteiger charge is 2.35. The molecule has 0 saturated carbocycles. The second kappa shape index (κ2) is 9.94. The first-order valence-corrected chi connectivity index (χ1v) is 10.5. The Morgan fingerprint density at radius 3 is 2.42 bits per heavy atom. The number of nitro benzene ring substituents is 1. The minimum absolute atomic E-state index is 0.0428. The Balaban J connectivity index is 1.88. The van der Waals surface area contributed by atoms with E-state index in [2.05, 4.69) is 29.2 Å². The van der Waals surface area contributed by atoms with Crippen molar-refractivity contribution in [1.29, 1.82) is 0 Å². The van der Waals surface area contributed by atoms with Gasteiger partial charge in [0.15, 0.2) is 17.0 Å². The number of fused-ring (bicyclic) bond motifs is 1. The molecule has 0 aliphatic heterocycles. The summed E-state index contributed by atoms with van der Waals surface area (Å²) in [5.41, 5.74) is -1.41. The van der Waals surface area contributed by atoms with Gasteiger partial charge in [0.2, 0.25) is 0 Å². The maximum atomic E-state index is 13.7. The normalized spacial score (nSPS) is 11.8. The highest BCUT2D eigenvalue weighted by atomic mass is 19.4. The zero-order valence-corrected chi connectivity index (χ0v) is 18.1. The molecule has 2 aromatic heterocycles. The molecule has 0 spiro atoms. The summed E-state index contributed by atoms with van der Waals surface area (Å²) in [6.07, 6.45) is -4.03. The number of hydrogen-bond acceptors (Lipinski definition) is 5. The quantitative estimate of drug-likeness (QED) is 0.287. The van der Waals surface area contributed by atoms with Gasteiger partial charge in [-0.1, -0.05) is 0 Å². The van der Waals surface area contributed by atoms with Gasteiger partial charge in [-0.2, -0.15) is 18.3 Å². The van der Waals surface area contributed by atoms with E-state index in [0.717, 1.165) is 32.1 Å². The first kappa shape index (κ1) is 24.1. The molecule has 176 valence electrons. The minimum Gasteiger partial charge on any atom is -0.350 e. The van der Waals surface area contributed by atoms with Gasteiger partial charge in [-0.3, -0.25) is 14.9 Å². The van der Waals surface area contributed by atoms with Gasteiger partial charge in [0.05, 0.1) is 30.3 Å². The van der Waals surface area contributed by atoms with E-state index in [9.17, 15) is 28.1 Å². The number of nitrogens with zero attached hydrogens (tertiary/aromatic N) is 4. The molecule has 1 amide bonds. The Bertz CT molecular complexity index is 1140. The van der Waals surface area contributed by atoms with Crippen LogP contribution < -0.4 is 10.2 Å². The van der Waals surface area contributed by atoms with Crippen molar-refractivity contribution in [2.24, 2.45) is 0 Å². The number of hydrogen-bond donors (Lipinski definition) is 2. The van der Waals surface area contributed by atoms with Crippen molar-refractivity contribution in [1.82, 2.24) is 19.9 Å². The number of rotatable bonds is 9. The Morgan fingerprint density at radius 2 is 1.85 bits per heavy atom. The molecule has 0 aliphatic rings. The van der Waals surface area contributed by atoms with E-state index in [1.165, 1.54) is 35.2 Å². The van der Waals surface area contributed by atoms with Crippen LogP contribution in [0.4, 0.5) is 18.9 Å². The van der Waals surface area contributed by atoms with Crippen molar-refractivity contribution in [2.75, 3.05) is 26.2 Å². The van der Waals surface area contributed by atoms with Crippen molar-refractivity contribution in [3.63, 3.8) is 0 Å². The van der Waals surface area contributed by atoms with Crippen LogP contribution in [0.25, 0.3) is 16.9 Å². The molecule has 2 heterocycles. The fourth-order valence-corrected chi connectivity index (χ4v) is 3.42. The fraction of sp³-hybridized carbons (Fsp3) is 0.381. The van der Waals surface area contributed by atoms with Crippen LogP contribution in [-0.4, -0.2) is 51.6 Å². The lowest BCUT2D eigenvalue weighted by Gasteiger charge is -2.14. The monoisotopic (exact) mass is 465 g/mol. The Labute approximate surface area is 187 Å². The molecule has 33 heavy (non-hydrogen) atoms. The average Bonchev–Trinajstić information content (AvgIpc) is 3.22. The van der Waals surface area contributed by atoms with E-state index < -0.39 is 22.7 Å². The summed E-state index contributed by atoms with van der Waals surface area (Å²) in [5, 5.41) is 17.3. The van der Waals surface area contributed by atoms with Crippen LogP contribution in [-0.2, 0) is 6.18 Å². The summed E-state index contributed by atoms with van der Waals surface area (Å²) in [6.45, 7) is 7.34. The van der Waals surface area contributed by atoms with Crippen molar-refractivity contribution >= 4 is 17.2 Å². The van der Waals surface area contributed by atoms with Gasteiger partial charge >= 0.3 is 6.18 Å². The van der Waals surface area contributed by atoms with E-state index in [4.69, 9.17) is 0 Å². The topological polar surface area (TPSA) is 107 Å². The van der Waals surface area contributed by atoms with Gasteiger partial charge < -0.3 is 10.2 Å². The third-order valence-corrected chi connectivity index (χ3v) is 5.32. The molecule has 0 aliphatic carbocycles. The summed E-state index contributed by atoms with van der Waals surface area (Å²) < 4.78 is 41.7. The molecule has 0 fully saturated rings. The molecule has 0 bridgehead atoms. The zero-order chi connectivity index (χ0) is 24.2. The SMILES string of the molecule is CC[NH+](CC)CCCNC(=O)c1cc2nc(-c3ccc([N+](=O)[O-])cc3)cc(C(F)(F)F)n2n1. The van der Waals surface area contributed by atoms with Gasteiger partial charge in [0.1, 0.15) is 0 Å². The number of carbonyl (C=O) groups excluding carboxylic acids is 1. The number of alkyl halides is 3. The summed E-state index contributed by atoms with van der Waals surface area (Å²) in [5.74, 6) is -0.583. The summed E-state index contributed by atoms with van der Waals surface area (Å²) in [4.78, 5) is 28.2. The van der Waals surface area contributed by atoms with E-state index in [0.29, 0.717) is 11.1 Å². The first-order chi connectivity index (χ1) is 15.6. The molecule has 1 aromatic carbocycles. The van der Waals surface area contributed by atoms with Crippen molar-refractivity contribution < 1.29 is 27.8 Å². The summed E-state index contributed by atoms with van der Waals surface area (Å²) >= 11 is 0. The number of benzene rings is 1. The van der Waals surface area contributed by atoms with Gasteiger partial charge in [0.25, 0.3) is 11.6 Å². The first-order valence-electron chi connectivity index (χ1n) is 10.5. The number of aromatic nitrogens is 3. The number of quaternary nitrogens is 1. The molecule has 0 saturated heterocycles. The number of amides is 1. The zero-order valence-electron chi connectivity index (χ0n) is 18.1. The van der Waals surface area contributed by atoms with Crippen LogP contribution in [0.5, 0.6) is 0 Å². The number of nitrogens with one attached hydrogen (secondary N) is 2. The average molecular weight is 465 g/mol. The fourth-order valence-electron chi connectivity index (χ4n) is 3.42. The molecular weight excluding hydrogens is 441 g/mol. The van der Waals surface area contributed by atoms with Crippen LogP contribution >= 0.6 is 0 Å². The Hall–Kier alpha value is -3.54. The maximum Gasteiger partial charge on any atom is 0.433 e. The second-order valence-electron chi connectivity index (χ2n) is 7.44. The Kier molecular flexibility index (Phi) is 7.26. The van der Waals surface area contributed by atoms with Gasteiger partial charge in [0, 0.05) is 36.7 Å². The number of non-ortho nitro benzene ring substituents is 1.